The number of nitrogens with one attached hydrogen (secondary N) is 1. The number of aromatic nitrogens is 3. The summed E-state index contributed by atoms with van der Waals surface area (Å²) in [6, 6.07) is 10.3. The molecule has 0 atom stereocenters. The summed E-state index contributed by atoms with van der Waals surface area (Å²) >= 11 is 6.25. The van der Waals surface area contributed by atoms with Crippen LogP contribution in [0.2, 0.25) is 5.02 Å². The quantitative estimate of drug-likeness (QED) is 0.237. The summed E-state index contributed by atoms with van der Waals surface area (Å²) in [5.41, 5.74) is 11.9. The lowest BCUT2D eigenvalue weighted by Gasteiger charge is -2.25. The van der Waals surface area contributed by atoms with E-state index in [0.29, 0.717) is 22.5 Å². The first-order valence-corrected chi connectivity index (χ1v) is 12.4. The topological polar surface area (TPSA) is 89.8 Å². The Labute approximate surface area is 214 Å². The number of hydrogen-bond donors (Lipinski definition) is 2. The van der Waals surface area contributed by atoms with Crippen molar-refractivity contribution in [2.75, 3.05) is 12.4 Å². The van der Waals surface area contributed by atoms with E-state index in [2.05, 4.69) is 26.5 Å². The molecule has 0 aliphatic heterocycles. The number of rotatable bonds is 6. The van der Waals surface area contributed by atoms with E-state index in [1.807, 2.05) is 29.8 Å². The van der Waals surface area contributed by atoms with Crippen molar-refractivity contribution in [1.82, 2.24) is 14.6 Å². The summed E-state index contributed by atoms with van der Waals surface area (Å²) in [7, 11) is 1.60. The third-order valence-corrected chi connectivity index (χ3v) is 6.92. The monoisotopic (exact) mass is 506 g/mol. The van der Waals surface area contributed by atoms with Gasteiger partial charge < -0.3 is 15.8 Å². The van der Waals surface area contributed by atoms with Crippen molar-refractivity contribution in [3.8, 4) is 17.0 Å². The van der Waals surface area contributed by atoms with Crippen LogP contribution < -0.4 is 15.8 Å². The molecule has 0 radical (unpaired) electrons. The Morgan fingerprint density at radius 1 is 1.19 bits per heavy atom. The van der Waals surface area contributed by atoms with Gasteiger partial charge in [0.15, 0.2) is 0 Å². The van der Waals surface area contributed by atoms with Crippen molar-refractivity contribution >= 4 is 34.3 Å². The Morgan fingerprint density at radius 2 is 2.00 bits per heavy atom. The molecule has 5 rings (SSSR count). The number of hydrogen-bond acceptors (Lipinski definition) is 5. The number of aryl methyl sites for hydroxylation is 1. The fourth-order valence-electron chi connectivity index (χ4n) is 4.72. The van der Waals surface area contributed by atoms with Gasteiger partial charge in [0.2, 0.25) is 5.88 Å². The Kier molecular flexibility index (Phi) is 6.78. The van der Waals surface area contributed by atoms with Gasteiger partial charge in [-0.1, -0.05) is 30.9 Å². The third kappa shape index (κ3) is 4.86. The number of nitrogens with two attached hydrogens (primary N) is 1. The molecule has 0 unspecified atom stereocenters. The van der Waals surface area contributed by atoms with E-state index in [4.69, 9.17) is 22.1 Å². The summed E-state index contributed by atoms with van der Waals surface area (Å²) in [6.45, 7) is 1.95. The summed E-state index contributed by atoms with van der Waals surface area (Å²) in [4.78, 5) is 8.97. The van der Waals surface area contributed by atoms with Crippen LogP contribution in [0.1, 0.15) is 43.4 Å². The predicted molar refractivity (Wildman–Crippen MR) is 142 cm³/mol. The van der Waals surface area contributed by atoms with Gasteiger partial charge in [-0.3, -0.25) is 0 Å². The first-order chi connectivity index (χ1) is 17.4. The van der Waals surface area contributed by atoms with Gasteiger partial charge in [0.25, 0.3) is 0 Å². The zero-order valence-electron chi connectivity index (χ0n) is 20.3. The molecular weight excluding hydrogens is 479 g/mol. The van der Waals surface area contributed by atoms with Gasteiger partial charge in [-0.2, -0.15) is 5.10 Å². The predicted octanol–water partition coefficient (Wildman–Crippen LogP) is 6.29. The van der Waals surface area contributed by atoms with Crippen LogP contribution in [0.15, 0.2) is 53.8 Å². The molecule has 1 aromatic carbocycles. The summed E-state index contributed by atoms with van der Waals surface area (Å²) in [6.07, 6.45) is 9.42. The summed E-state index contributed by atoms with van der Waals surface area (Å²) < 4.78 is 20.9. The lowest BCUT2D eigenvalue weighted by atomic mass is 9.95. The highest BCUT2D eigenvalue weighted by Crippen LogP contribution is 2.33. The van der Waals surface area contributed by atoms with Crippen LogP contribution in [0.5, 0.6) is 5.88 Å². The lowest BCUT2D eigenvalue weighted by molar-refractivity contribution is 0.397. The van der Waals surface area contributed by atoms with Gasteiger partial charge in [0, 0.05) is 41.2 Å². The average molecular weight is 507 g/mol. The van der Waals surface area contributed by atoms with E-state index in [1.165, 1.54) is 37.5 Å². The van der Waals surface area contributed by atoms with Crippen LogP contribution in [0.3, 0.4) is 0 Å². The zero-order valence-corrected chi connectivity index (χ0v) is 21.0. The highest BCUT2D eigenvalue weighted by Gasteiger charge is 2.20. The number of halogens is 2. The molecule has 0 amide bonds. The number of anilines is 1. The fourth-order valence-corrected chi connectivity index (χ4v) is 4.88. The minimum Gasteiger partial charge on any atom is -0.481 e. The molecule has 1 saturated carbocycles. The molecule has 3 aromatic heterocycles. The Balaban J connectivity index is 1.63. The highest BCUT2D eigenvalue weighted by atomic mass is 35.5. The molecule has 4 aromatic rings. The van der Waals surface area contributed by atoms with Gasteiger partial charge in [0.1, 0.15) is 11.7 Å². The number of fused-ring (bicyclic) bond motifs is 1. The van der Waals surface area contributed by atoms with Gasteiger partial charge in [-0.25, -0.2) is 18.9 Å². The molecule has 7 nitrogen and oxygen atoms in total. The van der Waals surface area contributed by atoms with Crippen molar-refractivity contribution in [2.24, 2.45) is 10.7 Å². The van der Waals surface area contributed by atoms with Crippen molar-refractivity contribution < 1.29 is 9.13 Å². The van der Waals surface area contributed by atoms with E-state index in [9.17, 15) is 4.39 Å². The highest BCUT2D eigenvalue weighted by molar-refractivity contribution is 6.33. The first-order valence-electron chi connectivity index (χ1n) is 12.0. The van der Waals surface area contributed by atoms with Gasteiger partial charge >= 0.3 is 0 Å². The van der Waals surface area contributed by atoms with Crippen LogP contribution in [0, 0.1) is 12.7 Å². The van der Waals surface area contributed by atoms with Crippen LogP contribution in [0.25, 0.3) is 16.6 Å². The van der Waals surface area contributed by atoms with E-state index in [-0.39, 0.29) is 11.5 Å². The van der Waals surface area contributed by atoms with E-state index in [0.717, 1.165) is 40.9 Å². The number of pyridine rings is 1. The normalized spacial score (nSPS) is 14.8. The zero-order chi connectivity index (χ0) is 25.2. The second-order valence-corrected chi connectivity index (χ2v) is 9.46. The molecule has 0 bridgehead atoms. The molecule has 3 heterocycles. The van der Waals surface area contributed by atoms with Gasteiger partial charge in [-0.15, -0.1) is 0 Å². The molecule has 1 aliphatic rings. The minimum atomic E-state index is -0.431. The third-order valence-electron chi connectivity index (χ3n) is 6.60. The molecule has 1 fully saturated rings. The Morgan fingerprint density at radius 3 is 2.75 bits per heavy atom. The van der Waals surface area contributed by atoms with Crippen molar-refractivity contribution in [3.05, 3.63) is 70.9 Å². The van der Waals surface area contributed by atoms with Crippen molar-refractivity contribution in [3.63, 3.8) is 0 Å². The van der Waals surface area contributed by atoms with E-state index < -0.39 is 5.82 Å². The number of ether oxygens (including phenoxy) is 1. The molecular formula is C27H28ClFN6O. The van der Waals surface area contributed by atoms with Crippen LogP contribution in [-0.4, -0.2) is 33.6 Å². The van der Waals surface area contributed by atoms with Crippen molar-refractivity contribution in [2.45, 2.75) is 45.1 Å². The molecule has 186 valence electrons. The van der Waals surface area contributed by atoms with Crippen LogP contribution in [0.4, 0.5) is 15.8 Å². The second kappa shape index (κ2) is 10.1. The van der Waals surface area contributed by atoms with E-state index >= 15 is 0 Å². The number of nitrogens with zero attached hydrogens (tertiary/aromatic N) is 4. The molecule has 0 saturated heterocycles. The maximum atomic E-state index is 13.8. The number of methoxy groups -OCH3 is 1. The molecule has 1 aliphatic carbocycles. The van der Waals surface area contributed by atoms with E-state index in [1.54, 1.807) is 13.3 Å². The van der Waals surface area contributed by atoms with Gasteiger partial charge in [-0.05, 0) is 44.0 Å². The molecule has 0 spiro atoms. The largest absolute Gasteiger partial charge is 0.481 e. The minimum absolute atomic E-state index is 0.209. The lowest BCUT2D eigenvalue weighted by Crippen LogP contribution is -2.25. The summed E-state index contributed by atoms with van der Waals surface area (Å²) in [5.74, 6) is 0.348. The van der Waals surface area contributed by atoms with Gasteiger partial charge in [0.05, 0.1) is 40.8 Å². The first kappa shape index (κ1) is 24.1. The number of benzene rings is 1. The maximum absolute atomic E-state index is 13.8. The van der Waals surface area contributed by atoms with Crippen LogP contribution >= 0.6 is 11.6 Å². The maximum Gasteiger partial charge on any atom is 0.213 e. The summed E-state index contributed by atoms with van der Waals surface area (Å²) in [5, 5.41) is 8.65. The second-order valence-electron chi connectivity index (χ2n) is 9.05. The molecule has 9 heteroatoms. The average Bonchev–Trinajstić information content (AvgIpc) is 3.31. The van der Waals surface area contributed by atoms with Crippen molar-refractivity contribution in [1.29, 1.82) is 0 Å². The SMILES string of the molecule is COc1ccc(-c2cc3c(NC4CCCCC4)c(C(N)=Nc4cc(F)ccc4Cl)cnn3c2)c(C)n1. The standard InChI is InChI=1S/C27H28ClFN6O/c1-16-20(9-11-25(32-16)36-2)17-12-24-26(33-19-6-4-3-5-7-19)21(14-31-35(24)15-17)27(30)34-23-13-18(29)8-10-22(23)28/h8-15,19,33H,3-7H2,1-2H3,(H2,30,34). The number of aliphatic imine (C=N–C) groups is 1. The molecule has 3 N–H and O–H groups in total. The number of amidine groups is 1. The fraction of sp³-hybridized carbons (Fsp3) is 0.296. The Bertz CT molecular complexity index is 1440. The Hall–Kier alpha value is -3.65. The molecule has 36 heavy (non-hydrogen) atoms. The van der Waals surface area contributed by atoms with Crippen LogP contribution in [-0.2, 0) is 0 Å². The smallest absolute Gasteiger partial charge is 0.213 e.